The fourth-order valence-electron chi connectivity index (χ4n) is 3.06. The second kappa shape index (κ2) is 8.78. The van der Waals surface area contributed by atoms with Crippen molar-refractivity contribution in [2.24, 2.45) is 0 Å². The van der Waals surface area contributed by atoms with E-state index in [-0.39, 0.29) is 18.6 Å². The second-order valence-corrected chi connectivity index (χ2v) is 7.00. The first-order valence-corrected chi connectivity index (χ1v) is 9.37. The number of benzene rings is 1. The highest BCUT2D eigenvalue weighted by Crippen LogP contribution is 2.27. The maximum Gasteiger partial charge on any atom is 0.258 e. The van der Waals surface area contributed by atoms with Crippen molar-refractivity contribution >= 4 is 23.5 Å². The second-order valence-electron chi connectivity index (χ2n) is 6.02. The summed E-state index contributed by atoms with van der Waals surface area (Å²) < 4.78 is 5.48. The molecule has 25 heavy (non-hydrogen) atoms. The molecule has 1 aliphatic heterocycles. The van der Waals surface area contributed by atoms with Gasteiger partial charge < -0.3 is 10.1 Å². The van der Waals surface area contributed by atoms with Gasteiger partial charge in [-0.05, 0) is 49.5 Å². The SMILES string of the molecule is O=Cc1ccccc1OCC(=O)NCC(c1cccs1)N1CCCC1. The minimum atomic E-state index is -0.179. The molecule has 1 aromatic heterocycles. The van der Waals surface area contributed by atoms with Crippen LogP contribution in [0.1, 0.15) is 34.1 Å². The molecule has 2 aromatic rings. The van der Waals surface area contributed by atoms with E-state index < -0.39 is 0 Å². The van der Waals surface area contributed by atoms with Gasteiger partial charge in [-0.1, -0.05) is 18.2 Å². The maximum atomic E-state index is 12.2. The van der Waals surface area contributed by atoms with Gasteiger partial charge in [-0.25, -0.2) is 0 Å². The molecule has 1 aromatic carbocycles. The van der Waals surface area contributed by atoms with E-state index in [2.05, 4.69) is 21.7 Å². The third-order valence-corrected chi connectivity index (χ3v) is 5.32. The molecule has 0 spiro atoms. The van der Waals surface area contributed by atoms with Gasteiger partial charge in [0.2, 0.25) is 0 Å². The lowest BCUT2D eigenvalue weighted by atomic mass is 10.2. The monoisotopic (exact) mass is 358 g/mol. The van der Waals surface area contributed by atoms with Crippen LogP contribution in [0.3, 0.4) is 0 Å². The molecule has 1 aliphatic rings. The van der Waals surface area contributed by atoms with Crippen LogP contribution in [0, 0.1) is 0 Å². The lowest BCUT2D eigenvalue weighted by molar-refractivity contribution is -0.123. The fourth-order valence-corrected chi connectivity index (χ4v) is 3.92. The van der Waals surface area contributed by atoms with Crippen LogP contribution in [0.5, 0.6) is 5.75 Å². The van der Waals surface area contributed by atoms with Gasteiger partial charge >= 0.3 is 0 Å². The van der Waals surface area contributed by atoms with E-state index in [9.17, 15) is 9.59 Å². The standard InChI is InChI=1S/C19H22N2O3S/c22-13-15-6-1-2-7-17(15)24-14-19(23)20-12-16(18-8-5-11-25-18)21-9-3-4-10-21/h1-2,5-8,11,13,16H,3-4,9-10,12,14H2,(H,20,23). The molecule has 5 nitrogen and oxygen atoms in total. The van der Waals surface area contributed by atoms with E-state index in [1.165, 1.54) is 17.7 Å². The molecule has 1 unspecified atom stereocenters. The Kier molecular flexibility index (Phi) is 6.19. The summed E-state index contributed by atoms with van der Waals surface area (Å²) in [6.07, 6.45) is 3.15. The number of nitrogens with zero attached hydrogens (tertiary/aromatic N) is 1. The molecule has 0 aliphatic carbocycles. The van der Waals surface area contributed by atoms with Crippen molar-refractivity contribution in [2.45, 2.75) is 18.9 Å². The van der Waals surface area contributed by atoms with Crippen molar-refractivity contribution in [1.82, 2.24) is 10.2 Å². The normalized spacial score (nSPS) is 15.7. The number of hydrogen-bond acceptors (Lipinski definition) is 5. The number of carbonyl (C=O) groups excluding carboxylic acids is 2. The van der Waals surface area contributed by atoms with Gasteiger partial charge in [0.1, 0.15) is 5.75 Å². The van der Waals surface area contributed by atoms with Gasteiger partial charge in [-0.3, -0.25) is 14.5 Å². The Balaban J connectivity index is 1.54. The maximum absolute atomic E-state index is 12.2. The van der Waals surface area contributed by atoms with E-state index in [4.69, 9.17) is 4.74 Å². The van der Waals surface area contributed by atoms with Crippen molar-refractivity contribution < 1.29 is 14.3 Å². The zero-order valence-corrected chi connectivity index (χ0v) is 14.8. The summed E-state index contributed by atoms with van der Waals surface area (Å²) in [7, 11) is 0. The molecule has 6 heteroatoms. The number of carbonyl (C=O) groups is 2. The highest BCUT2D eigenvalue weighted by Gasteiger charge is 2.24. The van der Waals surface area contributed by atoms with Crippen molar-refractivity contribution in [3.63, 3.8) is 0 Å². The zero-order chi connectivity index (χ0) is 17.5. The third-order valence-electron chi connectivity index (χ3n) is 4.35. The fraction of sp³-hybridized carbons (Fsp3) is 0.368. The summed E-state index contributed by atoms with van der Waals surface area (Å²) >= 11 is 1.72. The Hall–Kier alpha value is -2.18. The predicted molar refractivity (Wildman–Crippen MR) is 98.2 cm³/mol. The number of rotatable bonds is 8. The molecular formula is C19H22N2O3S. The number of hydrogen-bond donors (Lipinski definition) is 1. The molecule has 0 saturated carbocycles. The van der Waals surface area contributed by atoms with Gasteiger partial charge in [0, 0.05) is 11.4 Å². The molecule has 0 radical (unpaired) electrons. The van der Waals surface area contributed by atoms with E-state index in [1.807, 2.05) is 6.07 Å². The minimum absolute atomic E-state index is 0.0952. The van der Waals surface area contributed by atoms with E-state index in [0.717, 1.165) is 19.4 Å². The van der Waals surface area contributed by atoms with Crippen molar-refractivity contribution in [1.29, 1.82) is 0 Å². The van der Waals surface area contributed by atoms with Crippen LogP contribution >= 0.6 is 11.3 Å². The lowest BCUT2D eigenvalue weighted by Crippen LogP contribution is -2.38. The molecule has 1 fully saturated rings. The zero-order valence-electron chi connectivity index (χ0n) is 14.0. The Morgan fingerprint density at radius 1 is 1.24 bits per heavy atom. The number of nitrogens with one attached hydrogen (secondary N) is 1. The first kappa shape index (κ1) is 17.6. The number of likely N-dealkylation sites (tertiary alicyclic amines) is 1. The first-order chi connectivity index (χ1) is 12.3. The molecule has 1 N–H and O–H groups in total. The molecule has 2 heterocycles. The van der Waals surface area contributed by atoms with E-state index in [0.29, 0.717) is 17.9 Å². The molecule has 1 amide bonds. The van der Waals surface area contributed by atoms with Crippen LogP contribution in [0.15, 0.2) is 41.8 Å². The van der Waals surface area contributed by atoms with Gasteiger partial charge in [0.05, 0.1) is 11.6 Å². The average Bonchev–Trinajstić information content (AvgIpc) is 3.35. The minimum Gasteiger partial charge on any atom is -0.483 e. The van der Waals surface area contributed by atoms with Crippen molar-refractivity contribution in [2.75, 3.05) is 26.2 Å². The number of aldehydes is 1. The molecule has 132 valence electrons. The number of ether oxygens (including phenoxy) is 1. The van der Waals surface area contributed by atoms with Gasteiger partial charge in [0.25, 0.3) is 5.91 Å². The Bertz CT molecular complexity index is 696. The highest BCUT2D eigenvalue weighted by molar-refractivity contribution is 7.10. The van der Waals surface area contributed by atoms with Gasteiger partial charge in [-0.2, -0.15) is 0 Å². The Labute approximate surface area is 151 Å². The molecule has 0 bridgehead atoms. The summed E-state index contributed by atoms with van der Waals surface area (Å²) in [4.78, 5) is 26.8. The largest absolute Gasteiger partial charge is 0.483 e. The van der Waals surface area contributed by atoms with Crippen LogP contribution in [-0.2, 0) is 4.79 Å². The topological polar surface area (TPSA) is 58.6 Å². The number of thiophene rings is 1. The van der Waals surface area contributed by atoms with E-state index >= 15 is 0 Å². The quantitative estimate of drug-likeness (QED) is 0.737. The van der Waals surface area contributed by atoms with Crippen LogP contribution in [0.2, 0.25) is 0 Å². The summed E-state index contributed by atoms with van der Waals surface area (Å²) in [5.41, 5.74) is 0.448. The molecular weight excluding hydrogens is 336 g/mol. The summed E-state index contributed by atoms with van der Waals surface area (Å²) in [6, 6.07) is 11.3. The highest BCUT2D eigenvalue weighted by atomic mass is 32.1. The van der Waals surface area contributed by atoms with Crippen molar-refractivity contribution in [3.05, 3.63) is 52.2 Å². The summed E-state index contributed by atoms with van der Waals surface area (Å²) in [6.45, 7) is 2.61. The van der Waals surface area contributed by atoms with E-state index in [1.54, 1.807) is 35.6 Å². The molecule has 1 atom stereocenters. The Morgan fingerprint density at radius 3 is 2.76 bits per heavy atom. The third kappa shape index (κ3) is 4.67. The van der Waals surface area contributed by atoms with Crippen molar-refractivity contribution in [3.8, 4) is 5.75 Å². The first-order valence-electron chi connectivity index (χ1n) is 8.49. The van der Waals surface area contributed by atoms with Gasteiger partial charge in [0.15, 0.2) is 12.9 Å². The van der Waals surface area contributed by atoms with Crippen LogP contribution in [0.4, 0.5) is 0 Å². The predicted octanol–water partition coefficient (Wildman–Crippen LogP) is 2.89. The van der Waals surface area contributed by atoms with Gasteiger partial charge in [-0.15, -0.1) is 11.3 Å². The van der Waals surface area contributed by atoms with Crippen LogP contribution in [0.25, 0.3) is 0 Å². The molecule has 1 saturated heterocycles. The van der Waals surface area contributed by atoms with Crippen LogP contribution in [-0.4, -0.2) is 43.3 Å². The number of para-hydroxylation sites is 1. The number of amides is 1. The van der Waals surface area contributed by atoms with Crippen LogP contribution < -0.4 is 10.1 Å². The average molecular weight is 358 g/mol. The Morgan fingerprint density at radius 2 is 2.04 bits per heavy atom. The molecule has 3 rings (SSSR count). The summed E-state index contributed by atoms with van der Waals surface area (Å²) in [5.74, 6) is 0.253. The lowest BCUT2D eigenvalue weighted by Gasteiger charge is -2.26. The smallest absolute Gasteiger partial charge is 0.258 e. The summed E-state index contributed by atoms with van der Waals surface area (Å²) in [5, 5.41) is 5.04.